The molecule has 0 saturated carbocycles. The third-order valence-corrected chi connectivity index (χ3v) is 4.10. The highest BCUT2D eigenvalue weighted by atomic mass is 19.1. The number of guanidine groups is 1. The molecular weight excluding hydrogens is 333 g/mol. The van der Waals surface area contributed by atoms with Crippen LogP contribution in [0.25, 0.3) is 0 Å². The topological polar surface area (TPSA) is 62.7 Å². The van der Waals surface area contributed by atoms with Gasteiger partial charge in [0.25, 0.3) is 5.91 Å². The molecule has 1 heterocycles. The van der Waals surface area contributed by atoms with Gasteiger partial charge in [-0.1, -0.05) is 17.7 Å². The molecule has 1 atom stereocenters. The highest BCUT2D eigenvalue weighted by molar-refractivity contribution is 6.10. The molecule has 6 heteroatoms. The van der Waals surface area contributed by atoms with Crippen LogP contribution in [0.2, 0.25) is 0 Å². The first-order valence-corrected chi connectivity index (χ1v) is 8.67. The minimum absolute atomic E-state index is 0.0656. The van der Waals surface area contributed by atoms with Crippen molar-refractivity contribution in [3.05, 3.63) is 65.5 Å². The van der Waals surface area contributed by atoms with Crippen molar-refractivity contribution >= 4 is 17.6 Å². The van der Waals surface area contributed by atoms with E-state index in [1.54, 1.807) is 18.2 Å². The van der Waals surface area contributed by atoms with Crippen LogP contribution in [0.4, 0.5) is 10.1 Å². The fourth-order valence-electron chi connectivity index (χ4n) is 2.73. The number of benzene rings is 2. The summed E-state index contributed by atoms with van der Waals surface area (Å²) in [6, 6.07) is 13.2. The molecule has 0 radical (unpaired) electrons. The lowest BCUT2D eigenvalue weighted by molar-refractivity contribution is 0.0975. The lowest BCUT2D eigenvalue weighted by atomic mass is 10.1. The van der Waals surface area contributed by atoms with Gasteiger partial charge in [0.05, 0.1) is 12.6 Å². The third-order valence-electron chi connectivity index (χ3n) is 4.10. The summed E-state index contributed by atoms with van der Waals surface area (Å²) in [5.74, 6) is -0.259. The molecule has 136 valence electrons. The van der Waals surface area contributed by atoms with Crippen LogP contribution in [-0.4, -0.2) is 31.1 Å². The van der Waals surface area contributed by atoms with Crippen molar-refractivity contribution in [2.75, 3.05) is 18.5 Å². The summed E-state index contributed by atoms with van der Waals surface area (Å²) in [6.07, 6.45) is 2.05. The Morgan fingerprint density at radius 2 is 2.08 bits per heavy atom. The number of aliphatic imine (C=N–C) groups is 1. The van der Waals surface area contributed by atoms with Gasteiger partial charge < -0.3 is 10.1 Å². The number of rotatable bonds is 4. The fraction of sp³-hybridized carbons (Fsp3) is 0.300. The Labute approximate surface area is 152 Å². The predicted molar refractivity (Wildman–Crippen MR) is 99.9 cm³/mol. The number of amides is 1. The van der Waals surface area contributed by atoms with Gasteiger partial charge in [-0.15, -0.1) is 0 Å². The Bertz CT molecular complexity index is 784. The van der Waals surface area contributed by atoms with Crippen LogP contribution in [0.1, 0.15) is 28.8 Å². The van der Waals surface area contributed by atoms with Crippen molar-refractivity contribution in [1.29, 1.82) is 0 Å². The summed E-state index contributed by atoms with van der Waals surface area (Å²) in [5, 5.41) is 5.84. The average Bonchev–Trinajstić information content (AvgIpc) is 3.15. The smallest absolute Gasteiger partial charge is 0.257 e. The van der Waals surface area contributed by atoms with Crippen molar-refractivity contribution in [2.24, 2.45) is 4.99 Å². The summed E-state index contributed by atoms with van der Waals surface area (Å²) in [6.45, 7) is 3.13. The van der Waals surface area contributed by atoms with Crippen molar-refractivity contribution in [2.45, 2.75) is 25.9 Å². The summed E-state index contributed by atoms with van der Waals surface area (Å²) >= 11 is 0. The molecule has 5 nitrogen and oxygen atoms in total. The van der Waals surface area contributed by atoms with Gasteiger partial charge >= 0.3 is 0 Å². The van der Waals surface area contributed by atoms with E-state index in [0.29, 0.717) is 23.8 Å². The third kappa shape index (κ3) is 5.13. The summed E-state index contributed by atoms with van der Waals surface area (Å²) in [4.78, 5) is 17.0. The van der Waals surface area contributed by atoms with Gasteiger partial charge in [0.15, 0.2) is 0 Å². The normalized spacial score (nSPS) is 17.2. The number of carbonyl (C=O) groups excluding carboxylic acids is 1. The van der Waals surface area contributed by atoms with Gasteiger partial charge in [-0.3, -0.25) is 10.1 Å². The number of nitrogens with one attached hydrogen (secondary N) is 2. The maximum atomic E-state index is 13.1. The zero-order valence-electron chi connectivity index (χ0n) is 14.7. The molecule has 2 aromatic rings. The van der Waals surface area contributed by atoms with Gasteiger partial charge in [0.1, 0.15) is 5.82 Å². The average molecular weight is 355 g/mol. The highest BCUT2D eigenvalue weighted by Gasteiger charge is 2.16. The SMILES string of the molecule is Cc1cccc(C(=O)NC(=NCC2CCCO2)Nc2ccc(F)cc2)c1. The van der Waals surface area contributed by atoms with E-state index < -0.39 is 0 Å². The van der Waals surface area contributed by atoms with Gasteiger partial charge in [-0.25, -0.2) is 9.38 Å². The number of hydrogen-bond acceptors (Lipinski definition) is 3. The van der Waals surface area contributed by atoms with Crippen LogP contribution in [0.3, 0.4) is 0 Å². The zero-order valence-corrected chi connectivity index (χ0v) is 14.7. The van der Waals surface area contributed by atoms with Crippen molar-refractivity contribution in [3.63, 3.8) is 0 Å². The van der Waals surface area contributed by atoms with E-state index in [2.05, 4.69) is 15.6 Å². The fourth-order valence-corrected chi connectivity index (χ4v) is 2.73. The van der Waals surface area contributed by atoms with Crippen LogP contribution in [0.5, 0.6) is 0 Å². The maximum Gasteiger partial charge on any atom is 0.257 e. The summed E-state index contributed by atoms with van der Waals surface area (Å²) < 4.78 is 18.7. The molecular formula is C20H22FN3O2. The summed E-state index contributed by atoms with van der Waals surface area (Å²) in [5.41, 5.74) is 2.19. The Balaban J connectivity index is 1.73. The first-order chi connectivity index (χ1) is 12.6. The molecule has 2 aromatic carbocycles. The lowest BCUT2D eigenvalue weighted by Crippen LogP contribution is -2.36. The molecule has 0 aromatic heterocycles. The molecule has 3 rings (SSSR count). The van der Waals surface area contributed by atoms with Gasteiger partial charge in [0, 0.05) is 17.9 Å². The van der Waals surface area contributed by atoms with Crippen molar-refractivity contribution in [1.82, 2.24) is 5.32 Å². The molecule has 1 aliphatic heterocycles. The number of ether oxygens (including phenoxy) is 1. The van der Waals surface area contributed by atoms with Crippen LogP contribution in [0, 0.1) is 12.7 Å². The summed E-state index contributed by atoms with van der Waals surface area (Å²) in [7, 11) is 0. The Hall–Kier alpha value is -2.73. The molecule has 0 spiro atoms. The van der Waals surface area contributed by atoms with Crippen LogP contribution in [-0.2, 0) is 4.74 Å². The second-order valence-corrected chi connectivity index (χ2v) is 6.28. The highest BCUT2D eigenvalue weighted by Crippen LogP contribution is 2.13. The van der Waals surface area contributed by atoms with Crippen molar-refractivity contribution in [3.8, 4) is 0 Å². The number of nitrogens with zero attached hydrogens (tertiary/aromatic N) is 1. The molecule has 1 saturated heterocycles. The van der Waals surface area contributed by atoms with E-state index in [1.807, 2.05) is 25.1 Å². The largest absolute Gasteiger partial charge is 0.376 e. The molecule has 2 N–H and O–H groups in total. The maximum absolute atomic E-state index is 13.1. The molecule has 1 aliphatic rings. The number of carbonyl (C=O) groups is 1. The minimum atomic E-state index is -0.322. The van der Waals surface area contributed by atoms with E-state index in [0.717, 1.165) is 25.0 Å². The Morgan fingerprint density at radius 1 is 1.27 bits per heavy atom. The second-order valence-electron chi connectivity index (χ2n) is 6.28. The Kier molecular flexibility index (Phi) is 5.96. The van der Waals surface area contributed by atoms with Crippen LogP contribution >= 0.6 is 0 Å². The van der Waals surface area contributed by atoms with E-state index in [-0.39, 0.29) is 17.8 Å². The van der Waals surface area contributed by atoms with E-state index in [4.69, 9.17) is 4.74 Å². The van der Waals surface area contributed by atoms with Gasteiger partial charge in [-0.2, -0.15) is 0 Å². The molecule has 1 fully saturated rings. The number of aryl methyl sites for hydroxylation is 1. The predicted octanol–water partition coefficient (Wildman–Crippen LogP) is 3.51. The Morgan fingerprint density at radius 3 is 2.77 bits per heavy atom. The molecule has 26 heavy (non-hydrogen) atoms. The lowest BCUT2D eigenvalue weighted by Gasteiger charge is -2.13. The van der Waals surface area contributed by atoms with Gasteiger partial charge in [0.2, 0.25) is 5.96 Å². The van der Waals surface area contributed by atoms with Crippen molar-refractivity contribution < 1.29 is 13.9 Å². The number of hydrogen-bond donors (Lipinski definition) is 2. The second kappa shape index (κ2) is 8.58. The molecule has 1 amide bonds. The number of anilines is 1. The molecule has 0 bridgehead atoms. The number of halogens is 1. The molecule has 1 unspecified atom stereocenters. The van der Waals surface area contributed by atoms with E-state index in [1.165, 1.54) is 12.1 Å². The quantitative estimate of drug-likeness (QED) is 0.652. The monoisotopic (exact) mass is 355 g/mol. The first-order valence-electron chi connectivity index (χ1n) is 8.67. The zero-order chi connectivity index (χ0) is 18.4. The van der Waals surface area contributed by atoms with Gasteiger partial charge in [-0.05, 0) is 56.2 Å². The van der Waals surface area contributed by atoms with E-state index >= 15 is 0 Å². The first kappa shape index (κ1) is 18.1. The van der Waals surface area contributed by atoms with Crippen LogP contribution < -0.4 is 10.6 Å². The van der Waals surface area contributed by atoms with E-state index in [9.17, 15) is 9.18 Å². The van der Waals surface area contributed by atoms with Crippen LogP contribution in [0.15, 0.2) is 53.5 Å². The molecule has 0 aliphatic carbocycles. The standard InChI is InChI=1S/C20H22FN3O2/c1-14-4-2-5-15(12-14)19(25)24-20(22-13-18-6-3-11-26-18)23-17-9-7-16(21)8-10-17/h2,4-5,7-10,12,18H,3,6,11,13H2,1H3,(H2,22,23,24,25). The minimum Gasteiger partial charge on any atom is -0.376 e.